The summed E-state index contributed by atoms with van der Waals surface area (Å²) in [5.41, 5.74) is 0.943. The van der Waals surface area contributed by atoms with E-state index in [4.69, 9.17) is 4.74 Å². The minimum atomic E-state index is -0.412. The maximum Gasteiger partial charge on any atom is 0.306 e. The summed E-state index contributed by atoms with van der Waals surface area (Å²) in [6.07, 6.45) is 10.9. The lowest BCUT2D eigenvalue weighted by Gasteiger charge is -2.24. The number of hydrogen-bond acceptors (Lipinski definition) is 3. The summed E-state index contributed by atoms with van der Waals surface area (Å²) in [5.74, 6) is -0.158. The normalized spacial score (nSPS) is 13.4. The van der Waals surface area contributed by atoms with Crippen LogP contribution < -0.4 is 0 Å². The first-order valence-electron chi connectivity index (χ1n) is 8.68. The Hall–Kier alpha value is -1.14. The van der Waals surface area contributed by atoms with Gasteiger partial charge in [-0.05, 0) is 24.1 Å². The number of carbonyl (C=O) groups excluding carboxylic acids is 1. The summed E-state index contributed by atoms with van der Waals surface area (Å²) in [5, 5.41) is 0. The molecule has 1 heterocycles. The van der Waals surface area contributed by atoms with Gasteiger partial charge >= 0.3 is 5.97 Å². The summed E-state index contributed by atoms with van der Waals surface area (Å²) in [6, 6.07) is 7.84. The zero-order valence-electron chi connectivity index (χ0n) is 14.4. The van der Waals surface area contributed by atoms with Crippen LogP contribution in [0.2, 0.25) is 0 Å². The lowest BCUT2D eigenvalue weighted by Crippen LogP contribution is -2.18. The van der Waals surface area contributed by atoms with Crippen molar-refractivity contribution in [2.45, 2.75) is 56.5 Å². The molecule has 0 fully saturated rings. The van der Waals surface area contributed by atoms with E-state index in [0.717, 1.165) is 22.9 Å². The molecule has 6 heteroatoms. The highest BCUT2D eigenvalue weighted by atomic mass is 79.9. The molecule has 0 spiro atoms. The first-order valence-corrected chi connectivity index (χ1v) is 10.4. The van der Waals surface area contributed by atoms with Crippen LogP contribution in [0.3, 0.4) is 0 Å². The summed E-state index contributed by atoms with van der Waals surface area (Å²) in [7, 11) is 0. The Kier molecular flexibility index (Phi) is 8.68. The Labute approximate surface area is 166 Å². The van der Waals surface area contributed by atoms with E-state index in [1.165, 1.54) is 19.3 Å². The molecule has 136 valence electrons. The van der Waals surface area contributed by atoms with Crippen LogP contribution in [0.4, 0.5) is 0 Å². The molecule has 2 rings (SSSR count). The summed E-state index contributed by atoms with van der Waals surface area (Å²) in [4.78, 5) is 16.2. The quantitative estimate of drug-likeness (QED) is 0.236. The Bertz CT molecular complexity index is 629. The van der Waals surface area contributed by atoms with Gasteiger partial charge in [-0.1, -0.05) is 76.6 Å². The zero-order valence-corrected chi connectivity index (χ0v) is 17.6. The van der Waals surface area contributed by atoms with E-state index in [2.05, 4.69) is 43.8 Å². The highest BCUT2D eigenvalue weighted by Gasteiger charge is 2.26. The van der Waals surface area contributed by atoms with E-state index in [0.29, 0.717) is 6.42 Å². The Morgan fingerprint density at radius 3 is 2.56 bits per heavy atom. The second-order valence-electron chi connectivity index (χ2n) is 6.01. The van der Waals surface area contributed by atoms with Crippen LogP contribution in [0.5, 0.6) is 0 Å². The predicted octanol–water partition coefficient (Wildman–Crippen LogP) is 6.18. The topological polar surface area (TPSA) is 44.1 Å². The number of carbonyl (C=O) groups is 1. The highest BCUT2D eigenvalue weighted by molar-refractivity contribution is 9.10. The zero-order chi connectivity index (χ0) is 18.1. The summed E-state index contributed by atoms with van der Waals surface area (Å²) >= 11 is 7.09. The standard InChI is InChI=1S/C19H24Br2N2O2/c1-2-3-4-5-6-7-17(24)25-18(15-8-10-16(20)11-9-15)19(21)23-13-12-22-14-23/h8-14,18-19H,2-7H2,1H3. The van der Waals surface area contributed by atoms with E-state index in [-0.39, 0.29) is 10.9 Å². The van der Waals surface area contributed by atoms with Gasteiger partial charge in [-0.2, -0.15) is 0 Å². The van der Waals surface area contributed by atoms with Gasteiger partial charge in [-0.15, -0.1) is 0 Å². The lowest BCUT2D eigenvalue weighted by atomic mass is 10.1. The maximum absolute atomic E-state index is 12.3. The molecule has 2 aromatic rings. The molecule has 0 bridgehead atoms. The van der Waals surface area contributed by atoms with E-state index >= 15 is 0 Å². The average Bonchev–Trinajstić information content (AvgIpc) is 3.14. The fraction of sp³-hybridized carbons (Fsp3) is 0.474. The second-order valence-corrected chi connectivity index (χ2v) is 7.86. The molecule has 2 atom stereocenters. The molecular weight excluding hydrogens is 448 g/mol. The number of alkyl halides is 1. The van der Waals surface area contributed by atoms with E-state index in [9.17, 15) is 4.79 Å². The van der Waals surface area contributed by atoms with Gasteiger partial charge in [0.25, 0.3) is 0 Å². The molecule has 1 aromatic carbocycles. The molecule has 4 nitrogen and oxygen atoms in total. The van der Waals surface area contributed by atoms with E-state index in [1.54, 1.807) is 12.5 Å². The Balaban J connectivity index is 2.01. The molecule has 0 aliphatic carbocycles. The molecule has 2 unspecified atom stereocenters. The van der Waals surface area contributed by atoms with Gasteiger partial charge in [0.1, 0.15) is 4.95 Å². The third-order valence-corrected chi connectivity index (χ3v) is 5.48. The third-order valence-electron chi connectivity index (χ3n) is 4.00. The largest absolute Gasteiger partial charge is 0.454 e. The minimum Gasteiger partial charge on any atom is -0.454 e. The SMILES string of the molecule is CCCCCCCC(=O)OC(c1ccc(Br)cc1)C(Br)n1ccnc1. The van der Waals surface area contributed by atoms with Crippen LogP contribution in [0.15, 0.2) is 47.5 Å². The number of imidazole rings is 1. The van der Waals surface area contributed by atoms with Gasteiger partial charge in [0, 0.05) is 23.3 Å². The van der Waals surface area contributed by atoms with Crippen molar-refractivity contribution in [1.29, 1.82) is 0 Å². The van der Waals surface area contributed by atoms with Crippen LogP contribution in [0.25, 0.3) is 0 Å². The first-order chi connectivity index (χ1) is 12.1. The van der Waals surface area contributed by atoms with Crippen LogP contribution in [-0.2, 0) is 9.53 Å². The number of benzene rings is 1. The van der Waals surface area contributed by atoms with Crippen molar-refractivity contribution in [2.24, 2.45) is 0 Å². The van der Waals surface area contributed by atoms with Crippen molar-refractivity contribution < 1.29 is 9.53 Å². The van der Waals surface area contributed by atoms with E-state index < -0.39 is 6.10 Å². The monoisotopic (exact) mass is 470 g/mol. The molecule has 0 N–H and O–H groups in total. The average molecular weight is 472 g/mol. The number of hydrogen-bond donors (Lipinski definition) is 0. The van der Waals surface area contributed by atoms with Gasteiger partial charge < -0.3 is 9.30 Å². The second kappa shape index (κ2) is 10.8. The summed E-state index contributed by atoms with van der Waals surface area (Å²) < 4.78 is 8.70. The van der Waals surface area contributed by atoms with Crippen molar-refractivity contribution in [2.75, 3.05) is 0 Å². The molecule has 0 aliphatic rings. The molecule has 0 saturated carbocycles. The van der Waals surface area contributed by atoms with Crippen molar-refractivity contribution >= 4 is 37.8 Å². The predicted molar refractivity (Wildman–Crippen MR) is 107 cm³/mol. The van der Waals surface area contributed by atoms with Crippen molar-refractivity contribution in [3.8, 4) is 0 Å². The molecular formula is C19H24Br2N2O2. The van der Waals surface area contributed by atoms with Crippen molar-refractivity contribution in [3.05, 3.63) is 53.0 Å². The molecule has 25 heavy (non-hydrogen) atoms. The van der Waals surface area contributed by atoms with Gasteiger partial charge in [-0.25, -0.2) is 4.98 Å². The van der Waals surface area contributed by atoms with Gasteiger partial charge in [-0.3, -0.25) is 4.79 Å². The van der Waals surface area contributed by atoms with Crippen molar-refractivity contribution in [1.82, 2.24) is 9.55 Å². The first kappa shape index (κ1) is 20.2. The fourth-order valence-corrected chi connectivity index (χ4v) is 3.50. The van der Waals surface area contributed by atoms with Crippen LogP contribution in [0.1, 0.15) is 62.1 Å². The Morgan fingerprint density at radius 2 is 1.92 bits per heavy atom. The highest BCUT2D eigenvalue weighted by Crippen LogP contribution is 2.35. The summed E-state index contributed by atoms with van der Waals surface area (Å²) in [6.45, 7) is 2.18. The number of halogens is 2. The fourth-order valence-electron chi connectivity index (χ4n) is 2.58. The van der Waals surface area contributed by atoms with Gasteiger partial charge in [0.05, 0.1) is 6.33 Å². The number of esters is 1. The number of ether oxygens (including phenoxy) is 1. The molecule has 0 radical (unpaired) electrons. The van der Waals surface area contributed by atoms with Crippen LogP contribution in [0, 0.1) is 0 Å². The van der Waals surface area contributed by atoms with Gasteiger partial charge in [0.2, 0.25) is 0 Å². The number of unbranched alkanes of at least 4 members (excludes halogenated alkanes) is 4. The van der Waals surface area contributed by atoms with Crippen molar-refractivity contribution in [3.63, 3.8) is 0 Å². The molecule has 0 amide bonds. The Morgan fingerprint density at radius 1 is 1.20 bits per heavy atom. The smallest absolute Gasteiger partial charge is 0.306 e. The molecule has 0 saturated heterocycles. The van der Waals surface area contributed by atoms with E-state index in [1.807, 2.05) is 35.0 Å². The number of rotatable bonds is 10. The van der Waals surface area contributed by atoms with Crippen LogP contribution >= 0.6 is 31.9 Å². The number of aromatic nitrogens is 2. The molecule has 0 aliphatic heterocycles. The molecule has 1 aromatic heterocycles. The number of nitrogens with zero attached hydrogens (tertiary/aromatic N) is 2. The lowest BCUT2D eigenvalue weighted by molar-refractivity contribution is -0.150. The minimum absolute atomic E-state index is 0.158. The van der Waals surface area contributed by atoms with Gasteiger partial charge in [0.15, 0.2) is 6.10 Å². The third kappa shape index (κ3) is 6.59. The maximum atomic E-state index is 12.3. The van der Waals surface area contributed by atoms with Crippen LogP contribution in [-0.4, -0.2) is 15.5 Å².